The molecule has 5 rings (SSSR count). The highest BCUT2D eigenvalue weighted by Crippen LogP contribution is 2.48. The molecule has 1 aromatic carbocycles. The average molecular weight is 498 g/mol. The first-order valence-electron chi connectivity index (χ1n) is 12.1. The average Bonchev–Trinajstić information content (AvgIpc) is 3.34. The van der Waals surface area contributed by atoms with Gasteiger partial charge >= 0.3 is 0 Å². The molecule has 1 saturated carbocycles. The number of rotatable bonds is 8. The lowest BCUT2D eigenvalue weighted by atomic mass is 9.73. The Morgan fingerprint density at radius 3 is 2.69 bits per heavy atom. The number of carbonyl (C=O) groups excluding carboxylic acids is 1. The van der Waals surface area contributed by atoms with E-state index < -0.39 is 23.8 Å². The van der Waals surface area contributed by atoms with Gasteiger partial charge in [0.25, 0.3) is 0 Å². The summed E-state index contributed by atoms with van der Waals surface area (Å²) in [4.78, 5) is 20.5. The van der Waals surface area contributed by atoms with E-state index in [1.807, 2.05) is 16.8 Å². The molecule has 3 aromatic rings. The van der Waals surface area contributed by atoms with Crippen LogP contribution < -0.4 is 15.4 Å². The molecule has 2 aromatic heterocycles. The van der Waals surface area contributed by atoms with Gasteiger partial charge in [-0.25, -0.2) is 18.7 Å². The Balaban J connectivity index is 1.34. The van der Waals surface area contributed by atoms with Crippen LogP contribution in [0.4, 0.5) is 8.78 Å². The van der Waals surface area contributed by atoms with Crippen molar-refractivity contribution in [1.82, 2.24) is 25.2 Å². The van der Waals surface area contributed by atoms with Crippen molar-refractivity contribution in [1.29, 1.82) is 0 Å². The van der Waals surface area contributed by atoms with Crippen LogP contribution >= 0.6 is 0 Å². The molecule has 1 aliphatic carbocycles. The molecule has 3 heterocycles. The van der Waals surface area contributed by atoms with Gasteiger partial charge in [0.15, 0.2) is 0 Å². The number of imidazole rings is 1. The molecule has 1 fully saturated rings. The number of hydrogen-bond acceptors (Lipinski definition) is 6. The number of nitrogens with zero attached hydrogens (tertiary/aromatic N) is 3. The van der Waals surface area contributed by atoms with Crippen molar-refractivity contribution >= 4 is 5.91 Å². The van der Waals surface area contributed by atoms with Crippen LogP contribution in [0.15, 0.2) is 49.2 Å². The Morgan fingerprint density at radius 2 is 2.06 bits per heavy atom. The first-order chi connectivity index (χ1) is 17.3. The lowest BCUT2D eigenvalue weighted by Gasteiger charge is -2.47. The molecule has 1 spiro atoms. The standard InChI is InChI=1S/C26H29F2N5O3/c1-16(34)32-22(9-17-7-18(27)10-19(28)8-17)24(35)14-30-23-12-26(3-2-4-26)36-25-21(23)11-20(13-31-25)33-6-5-29-15-33/h5-8,10-11,13,15,22-24,30,35H,2-4,9,12,14H2,1H3,(H,32,34)/t22-,23-,24+/m0/s1. The minimum Gasteiger partial charge on any atom is -0.471 e. The SMILES string of the molecule is CC(=O)N[C@@H](Cc1cc(F)cc(F)c1)[C@H](O)CN[C@H]1CC2(CCC2)Oc2ncc(-n3ccnc3)cc21. The van der Waals surface area contributed by atoms with E-state index in [1.165, 1.54) is 19.1 Å². The second-order valence-corrected chi connectivity index (χ2v) is 9.72. The topological polar surface area (TPSA) is 101 Å². The van der Waals surface area contributed by atoms with Crippen LogP contribution in [-0.2, 0) is 11.2 Å². The number of nitrogens with one attached hydrogen (secondary N) is 2. The van der Waals surface area contributed by atoms with Crippen molar-refractivity contribution in [2.45, 2.75) is 62.8 Å². The van der Waals surface area contributed by atoms with Crippen LogP contribution in [0.5, 0.6) is 5.88 Å². The first-order valence-corrected chi connectivity index (χ1v) is 12.1. The maximum atomic E-state index is 13.7. The van der Waals surface area contributed by atoms with Crippen LogP contribution in [0.2, 0.25) is 0 Å². The highest BCUT2D eigenvalue weighted by atomic mass is 19.1. The molecule has 1 amide bonds. The predicted molar refractivity (Wildman–Crippen MR) is 128 cm³/mol. The second kappa shape index (κ2) is 9.94. The molecule has 3 atom stereocenters. The summed E-state index contributed by atoms with van der Waals surface area (Å²) in [7, 11) is 0. The Morgan fingerprint density at radius 1 is 1.28 bits per heavy atom. The fourth-order valence-corrected chi connectivity index (χ4v) is 5.07. The Hall–Kier alpha value is -3.37. The van der Waals surface area contributed by atoms with E-state index in [-0.39, 0.29) is 30.5 Å². The highest BCUT2D eigenvalue weighted by molar-refractivity contribution is 5.73. The van der Waals surface area contributed by atoms with Crippen LogP contribution in [0.25, 0.3) is 5.69 Å². The Bertz CT molecular complexity index is 1210. The molecule has 0 saturated heterocycles. The van der Waals surface area contributed by atoms with Gasteiger partial charge in [-0.15, -0.1) is 0 Å². The summed E-state index contributed by atoms with van der Waals surface area (Å²) in [6.45, 7) is 1.50. The first kappa shape index (κ1) is 24.3. The number of benzene rings is 1. The smallest absolute Gasteiger partial charge is 0.218 e. The highest BCUT2D eigenvalue weighted by Gasteiger charge is 2.46. The minimum atomic E-state index is -1.01. The zero-order chi connectivity index (χ0) is 25.3. The van der Waals surface area contributed by atoms with Crippen molar-refractivity contribution in [2.24, 2.45) is 0 Å². The fourth-order valence-electron chi connectivity index (χ4n) is 5.07. The van der Waals surface area contributed by atoms with Crippen molar-refractivity contribution < 1.29 is 23.4 Å². The lowest BCUT2D eigenvalue weighted by molar-refractivity contribution is -0.120. The summed E-state index contributed by atoms with van der Waals surface area (Å²) in [5.74, 6) is -1.17. The molecule has 36 heavy (non-hydrogen) atoms. The molecule has 8 nitrogen and oxygen atoms in total. The molecule has 2 aliphatic rings. The van der Waals surface area contributed by atoms with Gasteiger partial charge in [0, 0.05) is 50.0 Å². The molecular formula is C26H29F2N5O3. The van der Waals surface area contributed by atoms with E-state index >= 15 is 0 Å². The van der Waals surface area contributed by atoms with E-state index in [0.29, 0.717) is 11.4 Å². The minimum absolute atomic E-state index is 0.0811. The number of pyridine rings is 1. The zero-order valence-electron chi connectivity index (χ0n) is 20.0. The third-order valence-electron chi connectivity index (χ3n) is 7.00. The number of hydrogen-bond donors (Lipinski definition) is 3. The van der Waals surface area contributed by atoms with Gasteiger partial charge in [0.1, 0.15) is 17.2 Å². The molecule has 1 aliphatic heterocycles. The number of aliphatic hydroxyl groups excluding tert-OH is 1. The van der Waals surface area contributed by atoms with Crippen molar-refractivity contribution in [3.8, 4) is 11.6 Å². The van der Waals surface area contributed by atoms with Gasteiger partial charge in [-0.05, 0) is 49.4 Å². The molecular weight excluding hydrogens is 468 g/mol. The van der Waals surface area contributed by atoms with Crippen molar-refractivity contribution in [3.05, 3.63) is 71.9 Å². The number of amides is 1. The second-order valence-electron chi connectivity index (χ2n) is 9.72. The Labute approximate surface area is 207 Å². The third-order valence-corrected chi connectivity index (χ3v) is 7.00. The normalized spacial score (nSPS) is 19.6. The summed E-state index contributed by atoms with van der Waals surface area (Å²) in [6, 6.07) is 4.33. The largest absolute Gasteiger partial charge is 0.471 e. The van der Waals surface area contributed by atoms with E-state index in [1.54, 1.807) is 18.7 Å². The van der Waals surface area contributed by atoms with Gasteiger partial charge in [-0.3, -0.25) is 4.79 Å². The van der Waals surface area contributed by atoms with Crippen LogP contribution in [-0.4, -0.2) is 49.8 Å². The predicted octanol–water partition coefficient (Wildman–Crippen LogP) is 2.99. The molecule has 0 unspecified atom stereocenters. The Kier molecular flexibility index (Phi) is 6.72. The van der Waals surface area contributed by atoms with Crippen molar-refractivity contribution in [2.75, 3.05) is 6.54 Å². The van der Waals surface area contributed by atoms with Gasteiger partial charge in [-0.2, -0.15) is 0 Å². The molecule has 0 radical (unpaired) electrons. The lowest BCUT2D eigenvalue weighted by Crippen LogP contribution is -2.52. The molecule has 0 bridgehead atoms. The number of carbonyl (C=O) groups is 1. The van der Waals surface area contributed by atoms with Gasteiger partial charge in [0.2, 0.25) is 11.8 Å². The van der Waals surface area contributed by atoms with E-state index in [2.05, 4.69) is 20.6 Å². The van der Waals surface area contributed by atoms with Crippen LogP contribution in [0.1, 0.15) is 49.8 Å². The van der Waals surface area contributed by atoms with E-state index in [0.717, 1.165) is 43.0 Å². The summed E-state index contributed by atoms with van der Waals surface area (Å²) < 4.78 is 35.5. The molecule has 3 N–H and O–H groups in total. The van der Waals surface area contributed by atoms with E-state index in [4.69, 9.17) is 4.74 Å². The third kappa shape index (κ3) is 5.24. The van der Waals surface area contributed by atoms with Crippen LogP contribution in [0, 0.1) is 11.6 Å². The maximum absolute atomic E-state index is 13.7. The number of aromatic nitrogens is 3. The number of fused-ring (bicyclic) bond motifs is 1. The molecule has 10 heteroatoms. The quantitative estimate of drug-likeness (QED) is 0.442. The maximum Gasteiger partial charge on any atom is 0.218 e. The number of aliphatic hydroxyl groups is 1. The van der Waals surface area contributed by atoms with Gasteiger partial charge in [0.05, 0.1) is 30.4 Å². The zero-order valence-corrected chi connectivity index (χ0v) is 20.0. The molecule has 190 valence electrons. The van der Waals surface area contributed by atoms with Gasteiger partial charge < -0.3 is 25.0 Å². The van der Waals surface area contributed by atoms with Gasteiger partial charge in [-0.1, -0.05) is 0 Å². The number of halogens is 2. The summed E-state index contributed by atoms with van der Waals surface area (Å²) in [6.07, 6.45) is 9.74. The summed E-state index contributed by atoms with van der Waals surface area (Å²) in [5, 5.41) is 17.2. The summed E-state index contributed by atoms with van der Waals surface area (Å²) >= 11 is 0. The van der Waals surface area contributed by atoms with Crippen molar-refractivity contribution in [3.63, 3.8) is 0 Å². The van der Waals surface area contributed by atoms with Crippen LogP contribution in [0.3, 0.4) is 0 Å². The van der Waals surface area contributed by atoms with E-state index in [9.17, 15) is 18.7 Å². The number of ether oxygens (including phenoxy) is 1. The fraction of sp³-hybridized carbons (Fsp3) is 0.423. The summed E-state index contributed by atoms with van der Waals surface area (Å²) in [5.41, 5.74) is 1.81. The monoisotopic (exact) mass is 497 g/mol.